The number of carbonyl (C=O) groups is 1. The number of anilines is 1. The van der Waals surface area contributed by atoms with Gasteiger partial charge in [-0.05, 0) is 14.0 Å². The predicted molar refractivity (Wildman–Crippen MR) is 88.2 cm³/mol. The van der Waals surface area contributed by atoms with Gasteiger partial charge in [0.05, 0.1) is 12.3 Å². The summed E-state index contributed by atoms with van der Waals surface area (Å²) in [4.78, 5) is 19.0. The van der Waals surface area contributed by atoms with Crippen molar-refractivity contribution < 1.29 is 9.53 Å². The first kappa shape index (κ1) is 15.1. The number of benzene rings is 1. The van der Waals surface area contributed by atoms with Gasteiger partial charge in [0.15, 0.2) is 0 Å². The highest BCUT2D eigenvalue weighted by Crippen LogP contribution is 2.31. The molecule has 2 heterocycles. The van der Waals surface area contributed by atoms with Gasteiger partial charge in [-0.2, -0.15) is 0 Å². The largest absolute Gasteiger partial charge is 0.366 e. The molecule has 1 aliphatic rings. The van der Waals surface area contributed by atoms with Gasteiger partial charge in [-0.15, -0.1) is 0 Å². The highest BCUT2D eigenvalue weighted by Gasteiger charge is 2.25. The molecule has 6 heteroatoms. The summed E-state index contributed by atoms with van der Waals surface area (Å²) < 4.78 is 5.54. The summed E-state index contributed by atoms with van der Waals surface area (Å²) in [6.07, 6.45) is -0.416. The molecule has 1 aliphatic heterocycles. The van der Waals surface area contributed by atoms with Crippen LogP contribution < -0.4 is 5.32 Å². The Morgan fingerprint density at radius 1 is 1.41 bits per heavy atom. The number of ether oxygens (including phenoxy) is 1. The van der Waals surface area contributed by atoms with Gasteiger partial charge in [-0.3, -0.25) is 4.79 Å². The van der Waals surface area contributed by atoms with Crippen LogP contribution in [0.1, 0.15) is 5.69 Å². The van der Waals surface area contributed by atoms with E-state index in [0.29, 0.717) is 13.2 Å². The Labute approximate surface area is 133 Å². The fraction of sp³-hybridized carbons (Fsp3) is 0.375. The van der Waals surface area contributed by atoms with Crippen molar-refractivity contribution in [3.05, 3.63) is 36.0 Å². The number of thiazole rings is 1. The average molecular weight is 317 g/mol. The van der Waals surface area contributed by atoms with E-state index in [9.17, 15) is 4.79 Å². The number of morpholine rings is 1. The number of aryl methyl sites for hydroxylation is 1. The van der Waals surface area contributed by atoms with Crippen LogP contribution in [0.5, 0.6) is 0 Å². The molecule has 2 aromatic rings. The summed E-state index contributed by atoms with van der Waals surface area (Å²) in [6.45, 7) is 3.98. The average Bonchev–Trinajstić information content (AvgIpc) is 2.89. The Balaban J connectivity index is 1.73. The second-order valence-electron chi connectivity index (χ2n) is 5.41. The molecule has 1 unspecified atom stereocenters. The molecular weight excluding hydrogens is 298 g/mol. The smallest absolute Gasteiger partial charge is 0.255 e. The lowest BCUT2D eigenvalue weighted by Crippen LogP contribution is -2.46. The Morgan fingerprint density at radius 3 is 2.91 bits per heavy atom. The molecule has 0 bridgehead atoms. The number of hydrogen-bond acceptors (Lipinski definition) is 5. The van der Waals surface area contributed by atoms with Crippen molar-refractivity contribution in [1.29, 1.82) is 0 Å². The molecule has 1 atom stereocenters. The molecule has 1 fully saturated rings. The third-order valence-corrected chi connectivity index (χ3v) is 4.74. The van der Waals surface area contributed by atoms with E-state index in [2.05, 4.69) is 15.2 Å². The van der Waals surface area contributed by atoms with Gasteiger partial charge in [0, 0.05) is 18.7 Å². The fourth-order valence-electron chi connectivity index (χ4n) is 2.35. The van der Waals surface area contributed by atoms with Gasteiger partial charge >= 0.3 is 0 Å². The maximum Gasteiger partial charge on any atom is 0.255 e. The zero-order chi connectivity index (χ0) is 15.5. The first-order chi connectivity index (χ1) is 10.6. The topological polar surface area (TPSA) is 54.5 Å². The minimum Gasteiger partial charge on any atom is -0.366 e. The number of aromatic nitrogens is 1. The quantitative estimate of drug-likeness (QED) is 0.944. The molecule has 0 spiro atoms. The number of likely N-dealkylation sites (N-methyl/N-ethyl adjacent to an activating group) is 1. The molecule has 3 rings (SSSR count). The zero-order valence-electron chi connectivity index (χ0n) is 12.7. The molecule has 1 aromatic heterocycles. The van der Waals surface area contributed by atoms with Crippen molar-refractivity contribution in [1.82, 2.24) is 9.88 Å². The summed E-state index contributed by atoms with van der Waals surface area (Å²) in [5.74, 6) is -0.0992. The maximum absolute atomic E-state index is 12.3. The number of carbonyl (C=O) groups excluding carboxylic acids is 1. The number of nitrogens with zero attached hydrogens (tertiary/aromatic N) is 2. The van der Waals surface area contributed by atoms with Crippen molar-refractivity contribution in [2.24, 2.45) is 0 Å². The minimum atomic E-state index is -0.416. The van der Waals surface area contributed by atoms with Gasteiger partial charge in [0.25, 0.3) is 5.91 Å². The Bertz CT molecular complexity index is 657. The van der Waals surface area contributed by atoms with Crippen LogP contribution in [0.4, 0.5) is 5.00 Å². The van der Waals surface area contributed by atoms with Crippen molar-refractivity contribution in [3.8, 4) is 10.6 Å². The van der Waals surface area contributed by atoms with Crippen molar-refractivity contribution in [2.45, 2.75) is 13.0 Å². The minimum absolute atomic E-state index is 0.0992. The number of hydrogen-bond donors (Lipinski definition) is 1. The first-order valence-electron chi connectivity index (χ1n) is 7.27. The highest BCUT2D eigenvalue weighted by molar-refractivity contribution is 7.19. The third kappa shape index (κ3) is 3.35. The second kappa shape index (κ2) is 6.56. The predicted octanol–water partition coefficient (Wildman–Crippen LogP) is 2.39. The number of rotatable bonds is 3. The zero-order valence-corrected chi connectivity index (χ0v) is 13.5. The summed E-state index contributed by atoms with van der Waals surface area (Å²) in [5.41, 5.74) is 1.89. The standard InChI is InChI=1S/C16H19N3O2S/c1-11-15(18-14(20)13-10-19(2)8-9-21-13)22-16(17-11)12-6-4-3-5-7-12/h3-7,13H,8-10H2,1-2H3,(H,18,20). The molecule has 5 nitrogen and oxygen atoms in total. The van der Waals surface area contributed by atoms with Gasteiger partial charge < -0.3 is 15.0 Å². The van der Waals surface area contributed by atoms with Crippen molar-refractivity contribution in [3.63, 3.8) is 0 Å². The van der Waals surface area contributed by atoms with E-state index >= 15 is 0 Å². The lowest BCUT2D eigenvalue weighted by molar-refractivity contribution is -0.132. The summed E-state index contributed by atoms with van der Waals surface area (Å²) in [6, 6.07) is 9.97. The van der Waals surface area contributed by atoms with Crippen LogP contribution in [0.25, 0.3) is 10.6 Å². The van der Waals surface area contributed by atoms with E-state index in [4.69, 9.17) is 4.74 Å². The van der Waals surface area contributed by atoms with Crippen LogP contribution in [0.15, 0.2) is 30.3 Å². The molecule has 1 saturated heterocycles. The second-order valence-corrected chi connectivity index (χ2v) is 6.41. The monoisotopic (exact) mass is 317 g/mol. The van der Waals surface area contributed by atoms with E-state index in [1.807, 2.05) is 44.3 Å². The highest BCUT2D eigenvalue weighted by atomic mass is 32.1. The molecule has 22 heavy (non-hydrogen) atoms. The number of nitrogens with one attached hydrogen (secondary N) is 1. The molecule has 116 valence electrons. The molecule has 1 amide bonds. The van der Waals surface area contributed by atoms with Crippen LogP contribution in [0.3, 0.4) is 0 Å². The fourth-order valence-corrected chi connectivity index (χ4v) is 3.32. The molecular formula is C16H19N3O2S. The van der Waals surface area contributed by atoms with Crippen molar-refractivity contribution >= 4 is 22.2 Å². The van der Waals surface area contributed by atoms with Crippen LogP contribution in [-0.4, -0.2) is 48.6 Å². The molecule has 0 saturated carbocycles. The van der Waals surface area contributed by atoms with Crippen LogP contribution in [0, 0.1) is 6.92 Å². The lowest BCUT2D eigenvalue weighted by atomic mass is 10.2. The van der Waals surface area contributed by atoms with Gasteiger partial charge in [-0.25, -0.2) is 4.98 Å². The summed E-state index contributed by atoms with van der Waals surface area (Å²) in [5, 5.41) is 4.66. The van der Waals surface area contributed by atoms with E-state index in [-0.39, 0.29) is 5.91 Å². The van der Waals surface area contributed by atoms with E-state index in [0.717, 1.165) is 27.8 Å². The van der Waals surface area contributed by atoms with Gasteiger partial charge in [-0.1, -0.05) is 41.7 Å². The van der Waals surface area contributed by atoms with Crippen LogP contribution in [-0.2, 0) is 9.53 Å². The van der Waals surface area contributed by atoms with Crippen LogP contribution >= 0.6 is 11.3 Å². The Kier molecular flexibility index (Phi) is 4.52. The normalized spacial score (nSPS) is 19.1. The third-order valence-electron chi connectivity index (χ3n) is 3.62. The first-order valence-corrected chi connectivity index (χ1v) is 8.09. The number of amides is 1. The summed E-state index contributed by atoms with van der Waals surface area (Å²) in [7, 11) is 1.99. The Hall–Kier alpha value is -1.76. The molecule has 0 radical (unpaired) electrons. The lowest BCUT2D eigenvalue weighted by Gasteiger charge is -2.28. The summed E-state index contributed by atoms with van der Waals surface area (Å²) >= 11 is 1.49. The van der Waals surface area contributed by atoms with Gasteiger partial charge in [0.2, 0.25) is 0 Å². The van der Waals surface area contributed by atoms with Crippen LogP contribution in [0.2, 0.25) is 0 Å². The maximum atomic E-state index is 12.3. The molecule has 1 N–H and O–H groups in total. The van der Waals surface area contributed by atoms with E-state index in [1.54, 1.807) is 0 Å². The Morgan fingerprint density at radius 2 is 2.18 bits per heavy atom. The van der Waals surface area contributed by atoms with E-state index < -0.39 is 6.10 Å². The van der Waals surface area contributed by atoms with Gasteiger partial charge in [0.1, 0.15) is 16.1 Å². The SMILES string of the molecule is Cc1nc(-c2ccccc2)sc1NC(=O)C1CN(C)CCO1. The molecule has 0 aliphatic carbocycles. The molecule has 1 aromatic carbocycles. The van der Waals surface area contributed by atoms with E-state index in [1.165, 1.54) is 11.3 Å². The van der Waals surface area contributed by atoms with Crippen molar-refractivity contribution in [2.75, 3.05) is 32.1 Å².